The van der Waals surface area contributed by atoms with Gasteiger partial charge in [-0.1, -0.05) is 17.7 Å². The van der Waals surface area contributed by atoms with Crippen molar-refractivity contribution in [3.63, 3.8) is 0 Å². The number of halogens is 2. The van der Waals surface area contributed by atoms with Crippen LogP contribution in [0.2, 0.25) is 5.02 Å². The summed E-state index contributed by atoms with van der Waals surface area (Å²) >= 11 is 6.08. The molecule has 1 aromatic carbocycles. The Bertz CT molecular complexity index is 706. The van der Waals surface area contributed by atoms with Crippen molar-refractivity contribution in [2.24, 2.45) is 4.99 Å². The molecule has 9 heteroatoms. The molecule has 28 heavy (non-hydrogen) atoms. The molecule has 0 radical (unpaired) electrons. The maximum Gasteiger partial charge on any atom is 0.226 e. The van der Waals surface area contributed by atoms with E-state index in [-0.39, 0.29) is 42.2 Å². The molecule has 1 aliphatic heterocycles. The van der Waals surface area contributed by atoms with Crippen molar-refractivity contribution in [2.75, 3.05) is 44.6 Å². The van der Waals surface area contributed by atoms with Crippen molar-refractivity contribution in [1.82, 2.24) is 15.1 Å². The molecule has 1 aromatic rings. The minimum Gasteiger partial charge on any atom is -0.357 e. The number of nitrogens with zero attached hydrogens (tertiary/aromatic N) is 3. The average molecular weight is 522 g/mol. The molecule has 1 fully saturated rings. The molecule has 2 amide bonds. The van der Waals surface area contributed by atoms with Gasteiger partial charge >= 0.3 is 0 Å². The molecule has 0 aromatic heterocycles. The summed E-state index contributed by atoms with van der Waals surface area (Å²) in [6.07, 6.45) is 0.286. The normalized spacial score (nSPS) is 14.4. The van der Waals surface area contributed by atoms with Crippen LogP contribution in [0.4, 0.5) is 5.69 Å². The van der Waals surface area contributed by atoms with Gasteiger partial charge < -0.3 is 20.4 Å². The number of carbonyl (C=O) groups excluding carboxylic acids is 2. The monoisotopic (exact) mass is 521 g/mol. The van der Waals surface area contributed by atoms with E-state index in [1.807, 2.05) is 30.9 Å². The summed E-state index contributed by atoms with van der Waals surface area (Å²) in [7, 11) is 0. The molecule has 2 N–H and O–H groups in total. The average Bonchev–Trinajstić information content (AvgIpc) is 2.65. The Hall–Kier alpha value is -1.55. The number of aliphatic imine (C=N–C) groups is 1. The molecule has 0 atom stereocenters. The summed E-state index contributed by atoms with van der Waals surface area (Å²) in [6, 6.07) is 5.44. The van der Waals surface area contributed by atoms with Crippen molar-refractivity contribution < 1.29 is 9.59 Å². The second-order valence-corrected chi connectivity index (χ2v) is 6.85. The van der Waals surface area contributed by atoms with E-state index in [2.05, 4.69) is 20.5 Å². The molecule has 0 unspecified atom stereocenters. The Kier molecular flexibility index (Phi) is 10.6. The van der Waals surface area contributed by atoms with Gasteiger partial charge in [-0.3, -0.25) is 14.6 Å². The van der Waals surface area contributed by atoms with Crippen LogP contribution in [-0.4, -0.2) is 66.8 Å². The molecule has 0 bridgehead atoms. The second-order valence-electron chi connectivity index (χ2n) is 6.44. The smallest absolute Gasteiger partial charge is 0.226 e. The Morgan fingerprint density at radius 1 is 1.18 bits per heavy atom. The minimum absolute atomic E-state index is 0. The van der Waals surface area contributed by atoms with Crippen LogP contribution >= 0.6 is 35.6 Å². The number of amides is 2. The molecular weight excluding hydrogens is 493 g/mol. The molecule has 156 valence electrons. The lowest BCUT2D eigenvalue weighted by atomic mass is 10.2. The second kappa shape index (κ2) is 12.1. The van der Waals surface area contributed by atoms with Crippen LogP contribution in [0.15, 0.2) is 23.2 Å². The molecule has 1 saturated heterocycles. The highest BCUT2D eigenvalue weighted by atomic mass is 127. The van der Waals surface area contributed by atoms with Gasteiger partial charge in [0.05, 0.1) is 6.54 Å². The van der Waals surface area contributed by atoms with Gasteiger partial charge in [-0.15, -0.1) is 24.0 Å². The lowest BCUT2D eigenvalue weighted by molar-refractivity contribution is -0.130. The van der Waals surface area contributed by atoms with Crippen molar-refractivity contribution in [3.8, 4) is 0 Å². The van der Waals surface area contributed by atoms with E-state index < -0.39 is 0 Å². The number of anilines is 1. The van der Waals surface area contributed by atoms with Crippen LogP contribution in [0, 0.1) is 6.92 Å². The largest absolute Gasteiger partial charge is 0.357 e. The Balaban J connectivity index is 0.00000392. The number of carbonyl (C=O) groups is 2. The Morgan fingerprint density at radius 2 is 1.82 bits per heavy atom. The summed E-state index contributed by atoms with van der Waals surface area (Å²) in [5, 5.41) is 6.77. The summed E-state index contributed by atoms with van der Waals surface area (Å²) in [5.41, 5.74) is 1.58. The van der Waals surface area contributed by atoms with Gasteiger partial charge in [-0.05, 0) is 31.5 Å². The zero-order valence-electron chi connectivity index (χ0n) is 16.6. The van der Waals surface area contributed by atoms with E-state index in [1.54, 1.807) is 13.0 Å². The van der Waals surface area contributed by atoms with Crippen LogP contribution in [0.1, 0.15) is 25.8 Å². The first-order chi connectivity index (χ1) is 12.9. The van der Waals surface area contributed by atoms with E-state index in [4.69, 9.17) is 11.6 Å². The summed E-state index contributed by atoms with van der Waals surface area (Å²) < 4.78 is 0. The van der Waals surface area contributed by atoms with Crippen molar-refractivity contribution in [3.05, 3.63) is 28.8 Å². The van der Waals surface area contributed by atoms with E-state index in [0.29, 0.717) is 24.7 Å². The van der Waals surface area contributed by atoms with Gasteiger partial charge in [0.25, 0.3) is 0 Å². The number of hydrogen-bond acceptors (Lipinski definition) is 3. The molecule has 2 rings (SSSR count). The number of guanidine groups is 1. The van der Waals surface area contributed by atoms with E-state index >= 15 is 0 Å². The van der Waals surface area contributed by atoms with Gasteiger partial charge in [0, 0.05) is 56.8 Å². The topological polar surface area (TPSA) is 77.0 Å². The van der Waals surface area contributed by atoms with Gasteiger partial charge in [-0.25, -0.2) is 0 Å². The predicted octanol–water partition coefficient (Wildman–Crippen LogP) is 2.72. The fourth-order valence-corrected chi connectivity index (χ4v) is 3.05. The fraction of sp³-hybridized carbons (Fsp3) is 0.526. The number of piperazine rings is 1. The molecular formula is C19H29ClIN5O2. The highest BCUT2D eigenvalue weighted by molar-refractivity contribution is 14.0. The van der Waals surface area contributed by atoms with E-state index in [0.717, 1.165) is 36.8 Å². The highest BCUT2D eigenvalue weighted by Gasteiger charge is 2.20. The van der Waals surface area contributed by atoms with Crippen LogP contribution in [-0.2, 0) is 9.59 Å². The quantitative estimate of drug-likeness (QED) is 0.355. The predicted molar refractivity (Wildman–Crippen MR) is 125 cm³/mol. The van der Waals surface area contributed by atoms with Crippen LogP contribution in [0.3, 0.4) is 0 Å². The molecule has 0 saturated carbocycles. The third-order valence-corrected chi connectivity index (χ3v) is 4.91. The standard InChI is InChI=1S/C19H28ClN5O2.HI/c1-4-21-19(25-12-10-24(11-13-25)15(3)26)22-9-8-18(27)23-17-7-5-6-16(20)14(17)2;/h5-7H,4,8-13H2,1-3H3,(H,21,22)(H,23,27);1H. The third-order valence-electron chi connectivity index (χ3n) is 4.50. The molecule has 0 spiro atoms. The van der Waals surface area contributed by atoms with Gasteiger partial charge in [-0.2, -0.15) is 0 Å². The zero-order chi connectivity index (χ0) is 19.8. The first kappa shape index (κ1) is 24.5. The van der Waals surface area contributed by atoms with Crippen LogP contribution in [0.25, 0.3) is 0 Å². The first-order valence-corrected chi connectivity index (χ1v) is 9.64. The highest BCUT2D eigenvalue weighted by Crippen LogP contribution is 2.22. The summed E-state index contributed by atoms with van der Waals surface area (Å²) in [6.45, 7) is 9.47. The third kappa shape index (κ3) is 7.12. The first-order valence-electron chi connectivity index (χ1n) is 9.26. The maximum absolute atomic E-state index is 12.2. The Labute approximate surface area is 188 Å². The number of rotatable bonds is 5. The van der Waals surface area contributed by atoms with Gasteiger partial charge in [0.2, 0.25) is 11.8 Å². The molecule has 7 nitrogen and oxygen atoms in total. The van der Waals surface area contributed by atoms with E-state index in [9.17, 15) is 9.59 Å². The van der Waals surface area contributed by atoms with Crippen molar-refractivity contribution in [2.45, 2.75) is 27.2 Å². The van der Waals surface area contributed by atoms with Gasteiger partial charge in [0.1, 0.15) is 0 Å². The van der Waals surface area contributed by atoms with Crippen LogP contribution < -0.4 is 10.6 Å². The number of benzene rings is 1. The SMILES string of the molecule is CCNC(=NCCC(=O)Nc1cccc(Cl)c1C)N1CCN(C(C)=O)CC1.I. The van der Waals surface area contributed by atoms with Gasteiger partial charge in [0.15, 0.2) is 5.96 Å². The van der Waals surface area contributed by atoms with Crippen LogP contribution in [0.5, 0.6) is 0 Å². The molecule has 1 heterocycles. The van der Waals surface area contributed by atoms with Crippen molar-refractivity contribution in [1.29, 1.82) is 0 Å². The Morgan fingerprint density at radius 3 is 2.43 bits per heavy atom. The lowest BCUT2D eigenvalue weighted by Crippen LogP contribution is -2.53. The number of hydrogen-bond donors (Lipinski definition) is 2. The summed E-state index contributed by atoms with van der Waals surface area (Å²) in [4.78, 5) is 32.2. The molecule has 0 aliphatic carbocycles. The minimum atomic E-state index is -0.0960. The number of nitrogens with one attached hydrogen (secondary N) is 2. The maximum atomic E-state index is 12.2. The fourth-order valence-electron chi connectivity index (χ4n) is 2.88. The van der Waals surface area contributed by atoms with Crippen molar-refractivity contribution >= 4 is 59.0 Å². The molecule has 1 aliphatic rings. The lowest BCUT2D eigenvalue weighted by Gasteiger charge is -2.36. The summed E-state index contributed by atoms with van der Waals surface area (Å²) in [5.74, 6) is 0.790. The zero-order valence-corrected chi connectivity index (χ0v) is 19.7. The van der Waals surface area contributed by atoms with E-state index in [1.165, 1.54) is 0 Å².